The maximum Gasteiger partial charge on any atom is 0.248 e. The quantitative estimate of drug-likeness (QED) is 0.603. The zero-order chi connectivity index (χ0) is 22.7. The molecule has 32 heavy (non-hydrogen) atoms. The van der Waals surface area contributed by atoms with E-state index < -0.39 is 5.91 Å². The molecule has 2 aliphatic heterocycles. The summed E-state index contributed by atoms with van der Waals surface area (Å²) in [6.07, 6.45) is 5.57. The van der Waals surface area contributed by atoms with E-state index in [0.29, 0.717) is 40.8 Å². The van der Waals surface area contributed by atoms with Crippen molar-refractivity contribution >= 4 is 11.6 Å². The Hall–Kier alpha value is -2.60. The van der Waals surface area contributed by atoms with Crippen molar-refractivity contribution in [2.24, 2.45) is 5.73 Å². The Morgan fingerprint density at radius 2 is 1.97 bits per heavy atom. The number of rotatable bonds is 8. The summed E-state index contributed by atoms with van der Waals surface area (Å²) in [6, 6.07) is 9.34. The molecule has 2 heterocycles. The van der Waals surface area contributed by atoms with Gasteiger partial charge in [-0.1, -0.05) is 19.4 Å². The lowest BCUT2D eigenvalue weighted by Crippen LogP contribution is -2.35. The molecule has 2 saturated heterocycles. The van der Waals surface area contributed by atoms with Crippen molar-refractivity contribution in [3.63, 3.8) is 0 Å². The number of nitrogens with two attached hydrogens (primary N) is 1. The smallest absolute Gasteiger partial charge is 0.248 e. The van der Waals surface area contributed by atoms with Crippen LogP contribution in [0.25, 0.3) is 11.1 Å². The fourth-order valence-electron chi connectivity index (χ4n) is 5.04. The molecule has 5 nitrogen and oxygen atoms in total. The van der Waals surface area contributed by atoms with Crippen LogP contribution >= 0.6 is 0 Å². The van der Waals surface area contributed by atoms with E-state index in [-0.39, 0.29) is 5.82 Å². The summed E-state index contributed by atoms with van der Waals surface area (Å²) in [5, 5.41) is 0. The summed E-state index contributed by atoms with van der Waals surface area (Å²) in [7, 11) is 0. The van der Waals surface area contributed by atoms with Crippen molar-refractivity contribution in [2.45, 2.75) is 52.0 Å². The highest BCUT2D eigenvalue weighted by Crippen LogP contribution is 2.38. The van der Waals surface area contributed by atoms with E-state index in [1.54, 1.807) is 18.2 Å². The molecule has 2 aromatic carbocycles. The first-order valence-electron chi connectivity index (χ1n) is 11.8. The summed E-state index contributed by atoms with van der Waals surface area (Å²) in [4.78, 5) is 16.6. The third-order valence-corrected chi connectivity index (χ3v) is 6.85. The second kappa shape index (κ2) is 9.90. The highest BCUT2D eigenvalue weighted by molar-refractivity contribution is 5.97. The van der Waals surface area contributed by atoms with Crippen LogP contribution in [0.5, 0.6) is 5.75 Å². The topological polar surface area (TPSA) is 58.8 Å². The van der Waals surface area contributed by atoms with Gasteiger partial charge in [0, 0.05) is 30.3 Å². The van der Waals surface area contributed by atoms with Crippen LogP contribution in [0.3, 0.4) is 0 Å². The number of nitrogens with zero attached hydrogens (tertiary/aromatic N) is 2. The van der Waals surface area contributed by atoms with Gasteiger partial charge in [-0.3, -0.25) is 9.69 Å². The van der Waals surface area contributed by atoms with Gasteiger partial charge in [0.25, 0.3) is 0 Å². The number of likely N-dealkylation sites (tertiary alicyclic amines) is 1. The van der Waals surface area contributed by atoms with Gasteiger partial charge in [0.15, 0.2) is 0 Å². The zero-order valence-electron chi connectivity index (χ0n) is 19.2. The third kappa shape index (κ3) is 4.60. The first kappa shape index (κ1) is 22.6. The molecule has 2 fully saturated rings. The van der Waals surface area contributed by atoms with Crippen molar-refractivity contribution in [1.29, 1.82) is 0 Å². The first-order valence-corrected chi connectivity index (χ1v) is 11.8. The Labute approximate surface area is 190 Å². The molecule has 0 spiro atoms. The largest absolute Gasteiger partial charge is 0.493 e. The SMILES string of the molecule is CCCCOc1ccc(C(N)=O)c(C)c1-c1ccc(N2CC[C@@H](N3CCCC3)C2)c(F)c1. The molecular formula is C26H34FN3O2. The Morgan fingerprint density at radius 1 is 1.19 bits per heavy atom. The second-order valence-electron chi connectivity index (χ2n) is 8.98. The normalized spacial score (nSPS) is 19.0. The molecule has 0 aromatic heterocycles. The van der Waals surface area contributed by atoms with E-state index in [2.05, 4.69) is 16.7 Å². The number of hydrogen-bond acceptors (Lipinski definition) is 4. The van der Waals surface area contributed by atoms with Gasteiger partial charge < -0.3 is 15.4 Å². The van der Waals surface area contributed by atoms with E-state index >= 15 is 4.39 Å². The van der Waals surface area contributed by atoms with Gasteiger partial charge in [0.2, 0.25) is 5.91 Å². The number of ether oxygens (including phenoxy) is 1. The maximum absolute atomic E-state index is 15.3. The predicted molar refractivity (Wildman–Crippen MR) is 127 cm³/mol. The minimum absolute atomic E-state index is 0.243. The lowest BCUT2D eigenvalue weighted by molar-refractivity contribution is 0.0999. The van der Waals surface area contributed by atoms with Gasteiger partial charge in [-0.15, -0.1) is 0 Å². The second-order valence-corrected chi connectivity index (χ2v) is 8.98. The molecule has 2 aromatic rings. The highest BCUT2D eigenvalue weighted by atomic mass is 19.1. The molecule has 0 saturated carbocycles. The first-order chi connectivity index (χ1) is 15.5. The molecule has 1 atom stereocenters. The molecule has 0 unspecified atom stereocenters. The highest BCUT2D eigenvalue weighted by Gasteiger charge is 2.30. The van der Waals surface area contributed by atoms with E-state index in [0.717, 1.165) is 51.0 Å². The summed E-state index contributed by atoms with van der Waals surface area (Å²) >= 11 is 0. The van der Waals surface area contributed by atoms with Crippen LogP contribution < -0.4 is 15.4 Å². The van der Waals surface area contributed by atoms with Crippen molar-refractivity contribution in [2.75, 3.05) is 37.7 Å². The molecule has 1 amide bonds. The van der Waals surface area contributed by atoms with Crippen LogP contribution in [-0.4, -0.2) is 49.6 Å². The summed E-state index contributed by atoms with van der Waals surface area (Å²) in [5.74, 6) is -0.0812. The predicted octanol–water partition coefficient (Wildman–Crippen LogP) is 4.75. The molecule has 2 N–H and O–H groups in total. The molecular weight excluding hydrogens is 405 g/mol. The van der Waals surface area contributed by atoms with Crippen molar-refractivity contribution in [1.82, 2.24) is 4.90 Å². The van der Waals surface area contributed by atoms with Crippen LogP contribution in [0, 0.1) is 12.7 Å². The van der Waals surface area contributed by atoms with Gasteiger partial charge in [0.05, 0.1) is 12.3 Å². The summed E-state index contributed by atoms with van der Waals surface area (Å²) in [5.41, 5.74) is 8.80. The number of benzene rings is 2. The van der Waals surface area contributed by atoms with Crippen LogP contribution in [0.1, 0.15) is 54.9 Å². The fourth-order valence-corrected chi connectivity index (χ4v) is 5.04. The van der Waals surface area contributed by atoms with E-state index in [1.807, 2.05) is 19.1 Å². The Kier molecular flexibility index (Phi) is 6.99. The van der Waals surface area contributed by atoms with E-state index in [4.69, 9.17) is 10.5 Å². The number of unbranched alkanes of at least 4 members (excludes halogenated alkanes) is 1. The Morgan fingerprint density at radius 3 is 2.66 bits per heavy atom. The number of carbonyl (C=O) groups is 1. The van der Waals surface area contributed by atoms with Gasteiger partial charge in [-0.2, -0.15) is 0 Å². The van der Waals surface area contributed by atoms with Crippen molar-refractivity contribution < 1.29 is 13.9 Å². The summed E-state index contributed by atoms with van der Waals surface area (Å²) in [6.45, 7) is 8.59. The summed E-state index contributed by atoms with van der Waals surface area (Å²) < 4.78 is 21.3. The fraction of sp³-hybridized carbons (Fsp3) is 0.500. The number of anilines is 1. The van der Waals surface area contributed by atoms with Gasteiger partial charge in [-0.05, 0) is 81.1 Å². The Bertz CT molecular complexity index is 972. The van der Waals surface area contributed by atoms with E-state index in [9.17, 15) is 4.79 Å². The van der Waals surface area contributed by atoms with Gasteiger partial charge in [0.1, 0.15) is 11.6 Å². The van der Waals surface area contributed by atoms with Crippen LogP contribution in [0.15, 0.2) is 30.3 Å². The number of hydrogen-bond donors (Lipinski definition) is 1. The molecule has 0 bridgehead atoms. The van der Waals surface area contributed by atoms with Crippen LogP contribution in [0.2, 0.25) is 0 Å². The van der Waals surface area contributed by atoms with Crippen molar-refractivity contribution in [3.05, 3.63) is 47.3 Å². The average molecular weight is 440 g/mol. The van der Waals surface area contributed by atoms with Crippen LogP contribution in [0.4, 0.5) is 10.1 Å². The molecule has 0 radical (unpaired) electrons. The average Bonchev–Trinajstić information content (AvgIpc) is 3.46. The third-order valence-electron chi connectivity index (χ3n) is 6.85. The lowest BCUT2D eigenvalue weighted by Gasteiger charge is -2.25. The molecule has 4 rings (SSSR count). The molecule has 0 aliphatic carbocycles. The molecule has 6 heteroatoms. The number of halogens is 1. The zero-order valence-corrected chi connectivity index (χ0v) is 19.2. The minimum atomic E-state index is -0.494. The monoisotopic (exact) mass is 439 g/mol. The maximum atomic E-state index is 15.3. The number of primary amides is 1. The van der Waals surface area contributed by atoms with E-state index in [1.165, 1.54) is 12.8 Å². The number of carbonyl (C=O) groups excluding carboxylic acids is 1. The van der Waals surface area contributed by atoms with Gasteiger partial charge in [-0.25, -0.2) is 4.39 Å². The standard InChI is InChI=1S/C26H34FN3O2/c1-3-4-15-32-24-10-8-21(26(28)31)18(2)25(24)19-7-9-23(22(27)16-19)30-14-11-20(17-30)29-12-5-6-13-29/h7-10,16,20H,3-6,11-15,17H2,1-2H3,(H2,28,31)/t20-/m1/s1. The van der Waals surface area contributed by atoms with Crippen molar-refractivity contribution in [3.8, 4) is 16.9 Å². The number of amides is 1. The molecule has 172 valence electrons. The molecule has 2 aliphatic rings. The van der Waals surface area contributed by atoms with Crippen LogP contribution in [-0.2, 0) is 0 Å². The lowest BCUT2D eigenvalue weighted by atomic mass is 9.94. The Balaban J connectivity index is 1.62. The van der Waals surface area contributed by atoms with Gasteiger partial charge >= 0.3 is 0 Å². The minimum Gasteiger partial charge on any atom is -0.493 e.